The Hall–Kier alpha value is -4.38. The van der Waals surface area contributed by atoms with Crippen LogP contribution in [0.5, 0.6) is 0 Å². The number of fused-ring (bicyclic) bond motifs is 1. The zero-order valence-corrected chi connectivity index (χ0v) is 18.6. The van der Waals surface area contributed by atoms with Crippen LogP contribution in [0.25, 0.3) is 5.69 Å². The van der Waals surface area contributed by atoms with Crippen molar-refractivity contribution < 1.29 is 23.1 Å². The van der Waals surface area contributed by atoms with Crippen molar-refractivity contribution in [2.45, 2.75) is 24.7 Å². The number of alkyl halides is 3. The number of H-pyrrole nitrogens is 1. The summed E-state index contributed by atoms with van der Waals surface area (Å²) in [5.74, 6) is -0.343. The molecule has 5 rings (SSSR count). The van der Waals surface area contributed by atoms with Crippen molar-refractivity contribution in [2.75, 3.05) is 5.32 Å². The van der Waals surface area contributed by atoms with Gasteiger partial charge in [0, 0.05) is 17.7 Å². The summed E-state index contributed by atoms with van der Waals surface area (Å²) in [5.41, 5.74) is 1.07. The quantitative estimate of drug-likeness (QED) is 0.337. The summed E-state index contributed by atoms with van der Waals surface area (Å²) in [7, 11) is 0. The second kappa shape index (κ2) is 9.00. The minimum Gasteiger partial charge on any atom is -0.390 e. The van der Waals surface area contributed by atoms with Gasteiger partial charge in [-0.2, -0.15) is 17.9 Å². The Balaban J connectivity index is 1.28. The number of aliphatic hydroxyl groups is 1. The minimum atomic E-state index is -4.55. The van der Waals surface area contributed by atoms with E-state index in [-0.39, 0.29) is 17.5 Å². The van der Waals surface area contributed by atoms with Crippen LogP contribution in [0.1, 0.15) is 33.1 Å². The first-order chi connectivity index (χ1) is 17.2. The number of hydrogen-bond acceptors (Lipinski definition) is 5. The Morgan fingerprint density at radius 3 is 2.56 bits per heavy atom. The smallest absolute Gasteiger partial charge is 0.390 e. The van der Waals surface area contributed by atoms with Crippen LogP contribution >= 0.6 is 0 Å². The van der Waals surface area contributed by atoms with Gasteiger partial charge < -0.3 is 15.7 Å². The second-order valence-corrected chi connectivity index (χ2v) is 8.36. The lowest BCUT2D eigenvalue weighted by Gasteiger charge is -2.18. The van der Waals surface area contributed by atoms with Crippen LogP contribution in [0.3, 0.4) is 0 Å². The molecule has 1 heterocycles. The zero-order chi connectivity index (χ0) is 25.4. The number of aliphatic hydroxyl groups excluding tert-OH is 1. The van der Waals surface area contributed by atoms with Gasteiger partial charge in [-0.1, -0.05) is 30.3 Å². The van der Waals surface area contributed by atoms with Crippen LogP contribution in [0, 0.1) is 0 Å². The Bertz CT molecular complexity index is 1480. The van der Waals surface area contributed by atoms with Crippen molar-refractivity contribution in [3.8, 4) is 5.69 Å². The highest BCUT2D eigenvalue weighted by Crippen LogP contribution is 2.32. The number of aromatic amines is 1. The van der Waals surface area contributed by atoms with Gasteiger partial charge in [-0.15, -0.1) is 5.10 Å². The molecule has 3 aromatic carbocycles. The van der Waals surface area contributed by atoms with Gasteiger partial charge in [0.25, 0.3) is 5.91 Å². The van der Waals surface area contributed by atoms with E-state index in [1.165, 1.54) is 12.1 Å². The number of hydrogen-bond donors (Lipinski definition) is 4. The third-order valence-electron chi connectivity index (χ3n) is 5.94. The molecule has 0 aliphatic heterocycles. The Kier molecular flexibility index (Phi) is 5.84. The van der Waals surface area contributed by atoms with Crippen LogP contribution in [0.4, 0.5) is 24.8 Å². The first-order valence-electron chi connectivity index (χ1n) is 11.0. The Labute approximate surface area is 202 Å². The normalized spacial score (nSPS) is 17.0. The van der Waals surface area contributed by atoms with Gasteiger partial charge in [-0.25, -0.2) is 4.79 Å². The molecule has 1 aliphatic rings. The van der Waals surface area contributed by atoms with Gasteiger partial charge in [0.2, 0.25) is 5.95 Å². The number of nitrogens with zero attached hydrogens (tertiary/aromatic N) is 2. The van der Waals surface area contributed by atoms with Crippen molar-refractivity contribution in [3.63, 3.8) is 0 Å². The number of aromatic nitrogens is 3. The molecular formula is C25H20F3N5O3. The molecule has 0 radical (unpaired) electrons. The maximum Gasteiger partial charge on any atom is 0.416 e. The summed E-state index contributed by atoms with van der Waals surface area (Å²) in [6.45, 7) is 0. The third-order valence-corrected chi connectivity index (χ3v) is 5.94. The molecule has 1 aromatic heterocycles. The van der Waals surface area contributed by atoms with Gasteiger partial charge in [-0.3, -0.25) is 9.78 Å². The van der Waals surface area contributed by atoms with Crippen LogP contribution in [0.15, 0.2) is 77.6 Å². The van der Waals surface area contributed by atoms with Crippen LogP contribution in [0.2, 0.25) is 0 Å². The van der Waals surface area contributed by atoms with E-state index >= 15 is 0 Å². The lowest BCUT2D eigenvalue weighted by Crippen LogP contribution is -2.33. The molecule has 4 aromatic rings. The van der Waals surface area contributed by atoms with Gasteiger partial charge in [0.05, 0.1) is 23.4 Å². The molecule has 8 nitrogen and oxygen atoms in total. The number of anilines is 2. The number of halogens is 3. The summed E-state index contributed by atoms with van der Waals surface area (Å²) in [4.78, 5) is 27.5. The number of rotatable bonds is 5. The number of carbonyl (C=O) groups excluding carboxylic acids is 1. The first-order valence-corrected chi connectivity index (χ1v) is 11.0. The van der Waals surface area contributed by atoms with Crippen LogP contribution < -0.4 is 16.3 Å². The van der Waals surface area contributed by atoms with Crippen molar-refractivity contribution in [3.05, 3.63) is 106 Å². The fraction of sp³-hybridized carbons (Fsp3) is 0.160. The number of benzene rings is 3. The minimum absolute atomic E-state index is 0.0142. The van der Waals surface area contributed by atoms with Gasteiger partial charge in [0.1, 0.15) is 0 Å². The molecule has 1 amide bonds. The van der Waals surface area contributed by atoms with Crippen LogP contribution in [-0.4, -0.2) is 31.9 Å². The molecule has 0 spiro atoms. The Morgan fingerprint density at radius 2 is 1.81 bits per heavy atom. The highest BCUT2D eigenvalue weighted by Gasteiger charge is 2.32. The largest absolute Gasteiger partial charge is 0.416 e. The van der Waals surface area contributed by atoms with Gasteiger partial charge >= 0.3 is 11.9 Å². The van der Waals surface area contributed by atoms with E-state index in [2.05, 4.69) is 20.7 Å². The lowest BCUT2D eigenvalue weighted by molar-refractivity contribution is -0.137. The van der Waals surface area contributed by atoms with E-state index < -0.39 is 29.6 Å². The molecule has 2 atom stereocenters. The molecule has 11 heteroatoms. The summed E-state index contributed by atoms with van der Waals surface area (Å²) in [5, 5.41) is 20.1. The van der Waals surface area contributed by atoms with Gasteiger partial charge in [0.15, 0.2) is 0 Å². The summed E-state index contributed by atoms with van der Waals surface area (Å²) in [6.07, 6.45) is -4.80. The first kappa shape index (κ1) is 23.4. The molecule has 1 aliphatic carbocycles. The zero-order valence-electron chi connectivity index (χ0n) is 18.6. The molecule has 4 N–H and O–H groups in total. The fourth-order valence-electron chi connectivity index (χ4n) is 4.18. The van der Waals surface area contributed by atoms with Crippen molar-refractivity contribution in [1.82, 2.24) is 20.1 Å². The van der Waals surface area contributed by atoms with E-state index in [9.17, 15) is 27.9 Å². The maximum atomic E-state index is 13.0. The number of carbonyl (C=O) groups is 1. The molecule has 0 unspecified atom stereocenters. The average molecular weight is 495 g/mol. The SMILES string of the molecule is O=C(N[C@@H]1c2ccccc2C[C@@H]1O)c1ccc(Nc2nn(-c3cccc(C(F)(F)F)c3)c(=O)[nH]2)cc1. The summed E-state index contributed by atoms with van der Waals surface area (Å²) in [6, 6.07) is 17.6. The predicted octanol–water partition coefficient (Wildman–Crippen LogP) is 3.71. The van der Waals surface area contributed by atoms with Crippen molar-refractivity contribution in [2.24, 2.45) is 0 Å². The molecule has 0 saturated heterocycles. The second-order valence-electron chi connectivity index (χ2n) is 8.36. The van der Waals surface area contributed by atoms with Crippen molar-refractivity contribution in [1.29, 1.82) is 0 Å². The monoisotopic (exact) mass is 495 g/mol. The number of nitrogens with one attached hydrogen (secondary N) is 3. The highest BCUT2D eigenvalue weighted by atomic mass is 19.4. The standard InChI is InChI=1S/C25H20F3N5O3/c26-25(27,28)16-5-3-6-18(13-16)33-24(36)31-23(32-33)29-17-10-8-14(9-11-17)22(35)30-21-19-7-2-1-4-15(19)12-20(21)34/h1-11,13,20-21,34H,12H2,(H,30,35)(H2,29,31,32,36)/t20-,21+/m0/s1. The predicted molar refractivity (Wildman–Crippen MR) is 125 cm³/mol. The Morgan fingerprint density at radius 1 is 1.06 bits per heavy atom. The molecule has 36 heavy (non-hydrogen) atoms. The van der Waals surface area contributed by atoms with E-state index in [1.807, 2.05) is 24.3 Å². The average Bonchev–Trinajstić information content (AvgIpc) is 3.37. The lowest BCUT2D eigenvalue weighted by atomic mass is 10.1. The molecule has 0 fully saturated rings. The van der Waals surface area contributed by atoms with E-state index in [4.69, 9.17) is 0 Å². The molecular weight excluding hydrogens is 475 g/mol. The maximum absolute atomic E-state index is 13.0. The van der Waals surface area contributed by atoms with E-state index in [0.29, 0.717) is 17.7 Å². The van der Waals surface area contributed by atoms with E-state index in [0.717, 1.165) is 27.9 Å². The van der Waals surface area contributed by atoms with Crippen molar-refractivity contribution >= 4 is 17.5 Å². The molecule has 0 bridgehead atoms. The molecule has 0 saturated carbocycles. The highest BCUT2D eigenvalue weighted by molar-refractivity contribution is 5.95. The van der Waals surface area contributed by atoms with E-state index in [1.54, 1.807) is 24.3 Å². The summed E-state index contributed by atoms with van der Waals surface area (Å²) < 4.78 is 39.8. The number of amides is 1. The van der Waals surface area contributed by atoms with Gasteiger partial charge in [-0.05, 0) is 53.6 Å². The topological polar surface area (TPSA) is 112 Å². The third kappa shape index (κ3) is 4.60. The molecule has 184 valence electrons. The fourth-order valence-corrected chi connectivity index (χ4v) is 4.18. The summed E-state index contributed by atoms with van der Waals surface area (Å²) >= 11 is 0. The van der Waals surface area contributed by atoms with Crippen LogP contribution in [-0.2, 0) is 12.6 Å².